The Bertz CT molecular complexity index is 1110. The zero-order valence-corrected chi connectivity index (χ0v) is 25.5. The molecule has 0 saturated heterocycles. The van der Waals surface area contributed by atoms with E-state index in [1.807, 2.05) is 24.3 Å². The number of rotatable bonds is 12. The second-order valence-electron chi connectivity index (χ2n) is 10.7. The number of unbranched alkanes of at least 4 members (excludes halogenated alkanes) is 5. The largest absolute Gasteiger partial charge is 0.412 e. The Balaban J connectivity index is 0.000000886. The third kappa shape index (κ3) is 12.3. The van der Waals surface area contributed by atoms with Crippen LogP contribution < -0.4 is 0 Å². The summed E-state index contributed by atoms with van der Waals surface area (Å²) >= 11 is 0. The third-order valence-electron chi connectivity index (χ3n) is 6.62. The lowest BCUT2D eigenvalue weighted by Crippen LogP contribution is -2.04. The number of benzene rings is 3. The summed E-state index contributed by atoms with van der Waals surface area (Å²) in [6.45, 7) is 8.42. The summed E-state index contributed by atoms with van der Waals surface area (Å²) in [7, 11) is -0.621. The van der Waals surface area contributed by atoms with Crippen LogP contribution in [0.1, 0.15) is 76.3 Å². The molecule has 40 heavy (non-hydrogen) atoms. The van der Waals surface area contributed by atoms with Gasteiger partial charge in [-0.15, -0.1) is 0 Å². The summed E-state index contributed by atoms with van der Waals surface area (Å²) in [6.07, 6.45) is 3.03. The Labute approximate surface area is 238 Å². The molecular formula is C33H45F5OSi. The Hall–Kier alpha value is -2.51. The Kier molecular flexibility index (Phi) is 16.0. The SMILES string of the molecule is CCCC(F)(F)F.CCCCCCCCc1ccc(-c2ccc(-c3ccc(C[SiH](C)C)cc3)cc2)c(F)c1F.O. The molecule has 0 amide bonds. The highest BCUT2D eigenvalue weighted by Crippen LogP contribution is 2.30. The van der Waals surface area contributed by atoms with Gasteiger partial charge in [-0.25, -0.2) is 8.78 Å². The predicted molar refractivity (Wildman–Crippen MR) is 161 cm³/mol. The molecule has 0 radical (unpaired) electrons. The summed E-state index contributed by atoms with van der Waals surface area (Å²) in [5, 5.41) is 0. The standard InChI is InChI=1S/C29H36F2Si.C4H7F3.H2O/c1-4-5-6-7-8-9-10-26-19-20-27(29(31)28(26)30)25-17-15-24(16-18-25)23-13-11-22(12-14-23)21-32(2)3;1-2-3-4(5,6)7;/h11-20,32H,4-10,21H2,1-3H3;2-3H2,1H3;1H2. The first kappa shape index (κ1) is 35.5. The molecule has 0 spiro atoms. The monoisotopic (exact) mass is 580 g/mol. The van der Waals surface area contributed by atoms with E-state index in [0.717, 1.165) is 24.0 Å². The van der Waals surface area contributed by atoms with Crippen molar-refractivity contribution < 1.29 is 27.4 Å². The predicted octanol–water partition coefficient (Wildman–Crippen LogP) is 10.3. The molecule has 0 fully saturated rings. The molecule has 2 N–H and O–H groups in total. The molecule has 0 aliphatic heterocycles. The Morgan fingerprint density at radius 2 is 1.15 bits per heavy atom. The molecule has 7 heteroatoms. The smallest absolute Gasteiger partial charge is 0.389 e. The minimum atomic E-state index is -3.95. The first-order valence-electron chi connectivity index (χ1n) is 14.3. The third-order valence-corrected chi connectivity index (χ3v) is 7.91. The molecule has 1 nitrogen and oxygen atoms in total. The van der Waals surface area contributed by atoms with Crippen LogP contribution in [0.5, 0.6) is 0 Å². The first-order chi connectivity index (χ1) is 18.6. The molecular weight excluding hydrogens is 535 g/mol. The van der Waals surface area contributed by atoms with Gasteiger partial charge < -0.3 is 5.48 Å². The van der Waals surface area contributed by atoms with Gasteiger partial charge in [-0.2, -0.15) is 13.2 Å². The number of halogens is 5. The van der Waals surface area contributed by atoms with Crippen LogP contribution in [0.15, 0.2) is 60.7 Å². The molecule has 0 aliphatic rings. The number of aryl methyl sites for hydroxylation is 1. The maximum Gasteiger partial charge on any atom is 0.389 e. The molecule has 3 rings (SSSR count). The highest BCUT2D eigenvalue weighted by atomic mass is 28.3. The molecule has 0 bridgehead atoms. The van der Waals surface area contributed by atoms with Gasteiger partial charge >= 0.3 is 6.18 Å². The maximum absolute atomic E-state index is 14.8. The van der Waals surface area contributed by atoms with E-state index in [2.05, 4.69) is 44.3 Å². The van der Waals surface area contributed by atoms with E-state index in [1.54, 1.807) is 12.1 Å². The normalized spacial score (nSPS) is 11.2. The molecule has 3 aromatic carbocycles. The van der Waals surface area contributed by atoms with Crippen LogP contribution in [-0.4, -0.2) is 20.4 Å². The van der Waals surface area contributed by atoms with Crippen molar-refractivity contribution in [1.29, 1.82) is 0 Å². The van der Waals surface area contributed by atoms with Crippen molar-refractivity contribution in [2.75, 3.05) is 0 Å². The van der Waals surface area contributed by atoms with Crippen LogP contribution in [0.3, 0.4) is 0 Å². The fourth-order valence-electron chi connectivity index (χ4n) is 4.53. The van der Waals surface area contributed by atoms with Gasteiger partial charge in [0.05, 0.1) is 0 Å². The lowest BCUT2D eigenvalue weighted by atomic mass is 9.97. The van der Waals surface area contributed by atoms with Gasteiger partial charge in [0.2, 0.25) is 0 Å². The van der Waals surface area contributed by atoms with Crippen LogP contribution >= 0.6 is 0 Å². The lowest BCUT2D eigenvalue weighted by molar-refractivity contribution is -0.134. The summed E-state index contributed by atoms with van der Waals surface area (Å²) in [4.78, 5) is 0. The van der Waals surface area contributed by atoms with Gasteiger partial charge in [0.1, 0.15) is 0 Å². The molecule has 0 atom stereocenters. The van der Waals surface area contributed by atoms with Gasteiger partial charge in [0.15, 0.2) is 11.6 Å². The van der Waals surface area contributed by atoms with Crippen LogP contribution in [-0.2, 0) is 12.5 Å². The molecule has 3 aromatic rings. The molecule has 0 saturated carbocycles. The highest BCUT2D eigenvalue weighted by Gasteiger charge is 2.24. The van der Waals surface area contributed by atoms with Crippen LogP contribution in [0.4, 0.5) is 22.0 Å². The summed E-state index contributed by atoms with van der Waals surface area (Å²) in [5.74, 6) is -1.42. The Morgan fingerprint density at radius 3 is 1.65 bits per heavy atom. The quantitative estimate of drug-likeness (QED) is 0.116. The average Bonchev–Trinajstić information content (AvgIpc) is 2.88. The summed E-state index contributed by atoms with van der Waals surface area (Å²) < 4.78 is 62.7. The van der Waals surface area contributed by atoms with Gasteiger partial charge in [-0.1, -0.05) is 125 Å². The van der Waals surface area contributed by atoms with Gasteiger partial charge in [-0.3, -0.25) is 0 Å². The van der Waals surface area contributed by atoms with E-state index >= 15 is 0 Å². The van der Waals surface area contributed by atoms with Gasteiger partial charge in [0, 0.05) is 20.8 Å². The van der Waals surface area contributed by atoms with Crippen molar-refractivity contribution in [2.24, 2.45) is 0 Å². The van der Waals surface area contributed by atoms with Crippen LogP contribution in [0.25, 0.3) is 22.3 Å². The summed E-state index contributed by atoms with van der Waals surface area (Å²) in [6, 6.07) is 21.1. The number of alkyl halides is 3. The van der Waals surface area contributed by atoms with E-state index in [1.165, 1.54) is 44.2 Å². The van der Waals surface area contributed by atoms with Crippen molar-refractivity contribution in [1.82, 2.24) is 0 Å². The van der Waals surface area contributed by atoms with Crippen molar-refractivity contribution in [3.05, 3.63) is 83.4 Å². The molecule has 222 valence electrons. The lowest BCUT2D eigenvalue weighted by Gasteiger charge is -2.10. The van der Waals surface area contributed by atoms with E-state index in [0.29, 0.717) is 23.1 Å². The van der Waals surface area contributed by atoms with E-state index in [4.69, 9.17) is 0 Å². The van der Waals surface area contributed by atoms with E-state index < -0.39 is 33.0 Å². The second kappa shape index (κ2) is 18.0. The minimum absolute atomic E-state index is 0. The number of hydrogen-bond donors (Lipinski definition) is 0. The fraction of sp³-hybridized carbons (Fsp3) is 0.455. The van der Waals surface area contributed by atoms with Crippen molar-refractivity contribution in [3.63, 3.8) is 0 Å². The van der Waals surface area contributed by atoms with Gasteiger partial charge in [-0.05, 0) is 47.6 Å². The zero-order chi connectivity index (χ0) is 28.8. The summed E-state index contributed by atoms with van der Waals surface area (Å²) in [5.41, 5.74) is 5.15. The average molecular weight is 581 g/mol. The van der Waals surface area contributed by atoms with Crippen LogP contribution in [0, 0.1) is 11.6 Å². The van der Waals surface area contributed by atoms with Gasteiger partial charge in [0.25, 0.3) is 0 Å². The fourth-order valence-corrected chi connectivity index (χ4v) is 5.75. The number of hydrogen-bond acceptors (Lipinski definition) is 0. The zero-order valence-electron chi connectivity index (χ0n) is 24.3. The van der Waals surface area contributed by atoms with Crippen LogP contribution in [0.2, 0.25) is 13.1 Å². The van der Waals surface area contributed by atoms with Crippen molar-refractivity contribution in [3.8, 4) is 22.3 Å². The van der Waals surface area contributed by atoms with Crippen molar-refractivity contribution in [2.45, 2.75) is 96.9 Å². The first-order valence-corrected chi connectivity index (χ1v) is 17.4. The van der Waals surface area contributed by atoms with E-state index in [-0.39, 0.29) is 11.9 Å². The topological polar surface area (TPSA) is 31.5 Å². The molecule has 0 unspecified atom stereocenters. The maximum atomic E-state index is 14.8. The van der Waals surface area contributed by atoms with E-state index in [9.17, 15) is 22.0 Å². The Morgan fingerprint density at radius 1 is 0.625 bits per heavy atom. The molecule has 0 aromatic heterocycles. The second-order valence-corrected chi connectivity index (χ2v) is 13.9. The molecule has 0 heterocycles. The van der Waals surface area contributed by atoms with Crippen molar-refractivity contribution >= 4 is 8.80 Å². The highest BCUT2D eigenvalue weighted by molar-refractivity contribution is 6.55. The minimum Gasteiger partial charge on any atom is -0.412 e. The molecule has 0 aliphatic carbocycles.